The topological polar surface area (TPSA) is 154 Å². The van der Waals surface area contributed by atoms with E-state index in [0.29, 0.717) is 19.4 Å². The molecular weight excluding hydrogens is 454 g/mol. The summed E-state index contributed by atoms with van der Waals surface area (Å²) in [7, 11) is 0. The summed E-state index contributed by atoms with van der Waals surface area (Å²) in [5.74, 6) is -0.576. The molecule has 1 aromatic carbocycles. The highest BCUT2D eigenvalue weighted by Gasteiger charge is 2.24. The Morgan fingerprint density at radius 3 is 2.55 bits per heavy atom. The third-order valence-electron chi connectivity index (χ3n) is 4.98. The molecule has 1 aromatic heterocycles. The zero-order valence-corrected chi connectivity index (χ0v) is 19.4. The van der Waals surface area contributed by atoms with Crippen LogP contribution in [0.1, 0.15) is 46.0 Å². The molecule has 0 radical (unpaired) electrons. The highest BCUT2D eigenvalue weighted by atomic mass is 35.5. The first-order valence-corrected chi connectivity index (χ1v) is 11.1. The van der Waals surface area contributed by atoms with Crippen molar-refractivity contribution in [3.63, 3.8) is 0 Å². The first-order chi connectivity index (χ1) is 15.7. The second-order valence-corrected chi connectivity index (χ2v) is 7.82. The molecule has 0 atom stereocenters. The molecule has 1 heterocycles. The predicted octanol–water partition coefficient (Wildman–Crippen LogP) is 3.08. The van der Waals surface area contributed by atoms with Gasteiger partial charge in [-0.15, -0.1) is 0 Å². The Bertz CT molecular complexity index is 1110. The quantitative estimate of drug-likeness (QED) is 0.268. The predicted molar refractivity (Wildman–Crippen MR) is 126 cm³/mol. The van der Waals surface area contributed by atoms with Crippen molar-refractivity contribution in [2.45, 2.75) is 52.5 Å². The normalized spacial score (nSPS) is 10.8. The highest BCUT2D eigenvalue weighted by molar-refractivity contribution is 6.32. The van der Waals surface area contributed by atoms with Gasteiger partial charge in [-0.1, -0.05) is 44.7 Å². The lowest BCUT2D eigenvalue weighted by molar-refractivity contribution is -0.384. The van der Waals surface area contributed by atoms with Crippen LogP contribution in [0.5, 0.6) is 5.75 Å². The van der Waals surface area contributed by atoms with E-state index in [-0.39, 0.29) is 34.5 Å². The van der Waals surface area contributed by atoms with Gasteiger partial charge in [-0.25, -0.2) is 4.79 Å². The maximum absolute atomic E-state index is 13.1. The van der Waals surface area contributed by atoms with Gasteiger partial charge >= 0.3 is 5.69 Å². The summed E-state index contributed by atoms with van der Waals surface area (Å²) >= 11 is 6.03. The number of anilines is 2. The van der Waals surface area contributed by atoms with Crippen molar-refractivity contribution in [1.82, 2.24) is 9.55 Å². The number of nitrogens with zero attached hydrogens (tertiary/aromatic N) is 3. The monoisotopic (exact) mass is 481 g/mol. The number of nitrogens with two attached hydrogens (primary N) is 1. The number of hydrogen-bond donors (Lipinski definition) is 2. The van der Waals surface area contributed by atoms with Crippen LogP contribution < -0.4 is 26.6 Å². The number of nitro groups is 1. The van der Waals surface area contributed by atoms with Crippen molar-refractivity contribution < 1.29 is 14.5 Å². The molecule has 0 bridgehead atoms. The van der Waals surface area contributed by atoms with Gasteiger partial charge in [0.25, 0.3) is 17.2 Å². The zero-order chi connectivity index (χ0) is 24.5. The second-order valence-electron chi connectivity index (χ2n) is 7.41. The van der Waals surface area contributed by atoms with Gasteiger partial charge in [-0.05, 0) is 18.9 Å². The van der Waals surface area contributed by atoms with E-state index in [1.807, 2.05) is 13.8 Å². The number of non-ortho nitro benzene ring substituents is 1. The van der Waals surface area contributed by atoms with Gasteiger partial charge in [-0.3, -0.25) is 29.3 Å². The first kappa shape index (κ1) is 25.9. The number of nitrogens with one attached hydrogen (secondary N) is 1. The number of ether oxygens (including phenoxy) is 1. The van der Waals surface area contributed by atoms with Crippen molar-refractivity contribution in [3.05, 3.63) is 54.2 Å². The van der Waals surface area contributed by atoms with Crippen LogP contribution in [0.4, 0.5) is 17.2 Å². The van der Waals surface area contributed by atoms with E-state index in [1.54, 1.807) is 0 Å². The number of nitro benzene ring substituents is 1. The Hall–Kier alpha value is -3.34. The molecule has 33 heavy (non-hydrogen) atoms. The zero-order valence-electron chi connectivity index (χ0n) is 18.6. The fourth-order valence-corrected chi connectivity index (χ4v) is 3.42. The number of H-pyrrole nitrogens is 1. The van der Waals surface area contributed by atoms with E-state index in [9.17, 15) is 24.5 Å². The third kappa shape index (κ3) is 6.58. The van der Waals surface area contributed by atoms with Crippen LogP contribution in [0.25, 0.3) is 0 Å². The Morgan fingerprint density at radius 2 is 1.94 bits per heavy atom. The van der Waals surface area contributed by atoms with Crippen molar-refractivity contribution in [2.24, 2.45) is 0 Å². The van der Waals surface area contributed by atoms with E-state index in [4.69, 9.17) is 22.1 Å². The number of hydrogen-bond acceptors (Lipinski definition) is 7. The van der Waals surface area contributed by atoms with E-state index < -0.39 is 28.7 Å². The summed E-state index contributed by atoms with van der Waals surface area (Å²) in [6.07, 6.45) is 3.78. The average Bonchev–Trinajstić information content (AvgIpc) is 2.76. The molecule has 2 rings (SSSR count). The summed E-state index contributed by atoms with van der Waals surface area (Å²) in [6.45, 7) is 3.96. The Labute approximate surface area is 195 Å². The van der Waals surface area contributed by atoms with Gasteiger partial charge in [0.15, 0.2) is 12.3 Å². The number of halogens is 1. The van der Waals surface area contributed by atoms with Crippen molar-refractivity contribution in [2.75, 3.05) is 23.8 Å². The third-order valence-corrected chi connectivity index (χ3v) is 5.28. The molecule has 11 nitrogen and oxygen atoms in total. The standard InChI is InChI=1S/C21H28ClN5O6/c1-3-5-7-11-25(18-19(23)26(10-6-4-2)21(30)24-20(18)29)17(28)13-33-16-9-8-14(27(31)32)12-15(16)22/h8-9,12H,3-7,10-11,13,23H2,1-2H3,(H,24,29,30). The molecule has 0 fully saturated rings. The van der Waals surface area contributed by atoms with Crippen LogP contribution in [-0.2, 0) is 11.3 Å². The van der Waals surface area contributed by atoms with Crippen LogP contribution in [0, 0.1) is 10.1 Å². The SMILES string of the molecule is CCCCCN(C(=O)COc1ccc([N+](=O)[O-])cc1Cl)c1c(N)n(CCCC)c(=O)[nH]c1=O. The summed E-state index contributed by atoms with van der Waals surface area (Å²) in [4.78, 5) is 51.6. The van der Waals surface area contributed by atoms with Crippen LogP contribution in [0.15, 0.2) is 27.8 Å². The second kappa shape index (κ2) is 12.0. The minimum Gasteiger partial charge on any atom is -0.482 e. The van der Waals surface area contributed by atoms with Gasteiger partial charge in [0.2, 0.25) is 0 Å². The van der Waals surface area contributed by atoms with Crippen molar-refractivity contribution >= 4 is 34.7 Å². The number of nitrogen functional groups attached to an aromatic ring is 1. The molecule has 180 valence electrons. The molecule has 0 aliphatic carbocycles. The smallest absolute Gasteiger partial charge is 0.330 e. The summed E-state index contributed by atoms with van der Waals surface area (Å²) in [5.41, 5.74) is 4.45. The van der Waals surface area contributed by atoms with Crippen LogP contribution >= 0.6 is 11.6 Å². The Kier molecular flexibility index (Phi) is 9.46. The molecule has 3 N–H and O–H groups in total. The summed E-state index contributed by atoms with van der Waals surface area (Å²) in [6, 6.07) is 3.62. The number of benzene rings is 1. The van der Waals surface area contributed by atoms with E-state index in [0.717, 1.165) is 25.3 Å². The largest absolute Gasteiger partial charge is 0.482 e. The molecule has 0 aliphatic heterocycles. The van der Waals surface area contributed by atoms with E-state index in [1.165, 1.54) is 21.6 Å². The van der Waals surface area contributed by atoms with Crippen molar-refractivity contribution in [1.29, 1.82) is 0 Å². The fourth-order valence-electron chi connectivity index (χ4n) is 3.20. The van der Waals surface area contributed by atoms with Crippen molar-refractivity contribution in [3.8, 4) is 5.75 Å². The molecule has 0 saturated carbocycles. The number of amides is 1. The lowest BCUT2D eigenvalue weighted by atomic mass is 10.2. The molecule has 0 spiro atoms. The molecule has 1 amide bonds. The summed E-state index contributed by atoms with van der Waals surface area (Å²) in [5, 5.41) is 10.8. The number of aromatic nitrogens is 2. The Balaban J connectivity index is 2.34. The number of unbranched alkanes of at least 4 members (excludes halogenated alkanes) is 3. The molecule has 0 aliphatic rings. The number of rotatable bonds is 12. The lowest BCUT2D eigenvalue weighted by Gasteiger charge is -2.24. The maximum atomic E-state index is 13.1. The van der Waals surface area contributed by atoms with E-state index in [2.05, 4.69) is 4.98 Å². The van der Waals surface area contributed by atoms with Crippen LogP contribution in [0.3, 0.4) is 0 Å². The number of aromatic amines is 1. The number of carbonyl (C=O) groups is 1. The van der Waals surface area contributed by atoms with Gasteiger partial charge in [0.05, 0.1) is 9.95 Å². The molecule has 2 aromatic rings. The number of carbonyl (C=O) groups excluding carboxylic acids is 1. The van der Waals surface area contributed by atoms with Gasteiger partial charge in [-0.2, -0.15) is 0 Å². The van der Waals surface area contributed by atoms with Crippen LogP contribution in [0.2, 0.25) is 5.02 Å². The highest BCUT2D eigenvalue weighted by Crippen LogP contribution is 2.29. The van der Waals surface area contributed by atoms with Gasteiger partial charge in [0, 0.05) is 25.2 Å². The minimum atomic E-state index is -0.761. The van der Waals surface area contributed by atoms with Gasteiger partial charge in [0.1, 0.15) is 11.6 Å². The molecule has 0 unspecified atom stereocenters. The molecule has 0 saturated heterocycles. The first-order valence-electron chi connectivity index (χ1n) is 10.7. The van der Waals surface area contributed by atoms with E-state index >= 15 is 0 Å². The van der Waals surface area contributed by atoms with Gasteiger partial charge < -0.3 is 15.4 Å². The lowest BCUT2D eigenvalue weighted by Crippen LogP contribution is -2.43. The summed E-state index contributed by atoms with van der Waals surface area (Å²) < 4.78 is 6.72. The molecule has 12 heteroatoms. The molecular formula is C21H28ClN5O6. The van der Waals surface area contributed by atoms with Crippen LogP contribution in [-0.4, -0.2) is 33.5 Å². The Morgan fingerprint density at radius 1 is 1.24 bits per heavy atom. The maximum Gasteiger partial charge on any atom is 0.330 e. The average molecular weight is 482 g/mol. The fraction of sp³-hybridized carbons (Fsp3) is 0.476. The minimum absolute atomic E-state index is 0.0278.